The molecule has 0 unspecified atom stereocenters. The topological polar surface area (TPSA) is 79.4 Å². The summed E-state index contributed by atoms with van der Waals surface area (Å²) in [4.78, 5) is 24.0. The zero-order chi connectivity index (χ0) is 17.4. The summed E-state index contributed by atoms with van der Waals surface area (Å²) in [6.07, 6.45) is 4.69. The molecule has 0 aromatic carbocycles. The first-order valence-electron chi connectivity index (χ1n) is 9.43. The van der Waals surface area contributed by atoms with Crippen LogP contribution in [0.25, 0.3) is 0 Å². The van der Waals surface area contributed by atoms with Crippen molar-refractivity contribution in [2.45, 2.75) is 70.7 Å². The first-order chi connectivity index (χ1) is 12.1. The molecule has 2 fully saturated rings. The predicted octanol–water partition coefficient (Wildman–Crippen LogP) is 1.93. The van der Waals surface area contributed by atoms with Crippen LogP contribution in [0.1, 0.15) is 50.8 Å². The van der Waals surface area contributed by atoms with Gasteiger partial charge in [0.05, 0.1) is 12.2 Å². The van der Waals surface area contributed by atoms with E-state index in [4.69, 9.17) is 14.7 Å². The molecule has 7 heteroatoms. The van der Waals surface area contributed by atoms with Crippen molar-refractivity contribution in [1.82, 2.24) is 14.9 Å². The maximum atomic E-state index is 12.7. The van der Waals surface area contributed by atoms with E-state index in [1.165, 1.54) is 12.8 Å². The molecule has 1 aromatic rings. The number of aromatic nitrogens is 2. The first-order valence-corrected chi connectivity index (χ1v) is 9.43. The van der Waals surface area contributed by atoms with Crippen molar-refractivity contribution in [2.24, 2.45) is 0 Å². The fraction of sp³-hybridized carbons (Fsp3) is 0.722. The van der Waals surface area contributed by atoms with Crippen LogP contribution in [0, 0.1) is 0 Å². The van der Waals surface area contributed by atoms with Gasteiger partial charge in [-0.2, -0.15) is 4.98 Å². The number of ether oxygens (including phenoxy) is 1. The summed E-state index contributed by atoms with van der Waals surface area (Å²) < 4.78 is 5.58. The van der Waals surface area contributed by atoms with Crippen molar-refractivity contribution in [2.75, 3.05) is 23.8 Å². The van der Waals surface area contributed by atoms with Crippen LogP contribution in [-0.2, 0) is 22.5 Å². The molecular formula is C18H27N5O2. The van der Waals surface area contributed by atoms with Crippen LogP contribution in [0.4, 0.5) is 11.8 Å². The second kappa shape index (κ2) is 6.78. The summed E-state index contributed by atoms with van der Waals surface area (Å²) in [6.45, 7) is 6.14. The van der Waals surface area contributed by atoms with Gasteiger partial charge in [0, 0.05) is 37.2 Å². The molecule has 1 saturated heterocycles. The zero-order valence-electron chi connectivity index (χ0n) is 15.0. The van der Waals surface area contributed by atoms with E-state index >= 15 is 0 Å². The Hall–Kier alpha value is -1.89. The van der Waals surface area contributed by atoms with Crippen molar-refractivity contribution >= 4 is 17.7 Å². The lowest BCUT2D eigenvalue weighted by Gasteiger charge is -2.31. The smallest absolute Gasteiger partial charge is 0.252 e. The molecule has 3 aliphatic rings. The third kappa shape index (κ3) is 3.71. The standard InChI is InChI=1S/C18H27N5O2/c1-11(2)19-18-21-14-7-8-23(17(24)15-4-3-9-25-15)10-13(14)16(22-18)20-12-5-6-12/h11-12,15H,3-10H2,1-2H3,(H2,19,20,21,22)/t15-/m0/s1. The van der Waals surface area contributed by atoms with Crippen LogP contribution in [0.15, 0.2) is 0 Å². The first kappa shape index (κ1) is 16.6. The second-order valence-corrected chi connectivity index (χ2v) is 7.55. The Balaban J connectivity index is 1.57. The zero-order valence-corrected chi connectivity index (χ0v) is 15.0. The normalized spacial score (nSPS) is 22.8. The number of nitrogens with one attached hydrogen (secondary N) is 2. The van der Waals surface area contributed by atoms with E-state index in [1.54, 1.807) is 0 Å². The van der Waals surface area contributed by atoms with Gasteiger partial charge in [-0.1, -0.05) is 0 Å². The number of anilines is 2. The number of hydrogen-bond donors (Lipinski definition) is 2. The molecule has 0 radical (unpaired) electrons. The van der Waals surface area contributed by atoms with E-state index < -0.39 is 0 Å². The summed E-state index contributed by atoms with van der Waals surface area (Å²) in [6, 6.07) is 0.795. The fourth-order valence-electron chi connectivity index (χ4n) is 3.44. The lowest BCUT2D eigenvalue weighted by atomic mass is 10.0. The Morgan fingerprint density at radius 1 is 1.28 bits per heavy atom. The Kier molecular flexibility index (Phi) is 4.50. The molecule has 7 nitrogen and oxygen atoms in total. The number of amides is 1. The summed E-state index contributed by atoms with van der Waals surface area (Å²) >= 11 is 0. The summed E-state index contributed by atoms with van der Waals surface area (Å²) in [5.74, 6) is 1.68. The maximum absolute atomic E-state index is 12.7. The molecule has 25 heavy (non-hydrogen) atoms. The van der Waals surface area contributed by atoms with Gasteiger partial charge in [-0.15, -0.1) is 0 Å². The minimum atomic E-state index is -0.260. The maximum Gasteiger partial charge on any atom is 0.252 e. The van der Waals surface area contributed by atoms with E-state index in [2.05, 4.69) is 24.5 Å². The molecule has 2 N–H and O–H groups in total. The van der Waals surface area contributed by atoms with Gasteiger partial charge >= 0.3 is 0 Å². The minimum Gasteiger partial charge on any atom is -0.368 e. The van der Waals surface area contributed by atoms with E-state index in [0.29, 0.717) is 31.7 Å². The van der Waals surface area contributed by atoms with Crippen molar-refractivity contribution in [3.8, 4) is 0 Å². The van der Waals surface area contributed by atoms with Gasteiger partial charge < -0.3 is 20.3 Å². The van der Waals surface area contributed by atoms with Crippen molar-refractivity contribution in [1.29, 1.82) is 0 Å². The van der Waals surface area contributed by atoms with Gasteiger partial charge in [-0.05, 0) is 39.5 Å². The van der Waals surface area contributed by atoms with Gasteiger partial charge in [-0.3, -0.25) is 4.79 Å². The average Bonchev–Trinajstić information content (AvgIpc) is 3.23. The van der Waals surface area contributed by atoms with Crippen LogP contribution in [-0.4, -0.2) is 52.1 Å². The van der Waals surface area contributed by atoms with E-state index in [0.717, 1.165) is 36.3 Å². The molecule has 1 atom stereocenters. The van der Waals surface area contributed by atoms with Crippen molar-refractivity contribution < 1.29 is 9.53 Å². The highest BCUT2D eigenvalue weighted by atomic mass is 16.5. The molecule has 1 aromatic heterocycles. The third-order valence-corrected chi connectivity index (χ3v) is 4.91. The van der Waals surface area contributed by atoms with Crippen LogP contribution in [0.5, 0.6) is 0 Å². The van der Waals surface area contributed by atoms with Crippen LogP contribution in [0.2, 0.25) is 0 Å². The fourth-order valence-corrected chi connectivity index (χ4v) is 3.44. The Morgan fingerprint density at radius 2 is 2.12 bits per heavy atom. The van der Waals surface area contributed by atoms with Crippen LogP contribution >= 0.6 is 0 Å². The second-order valence-electron chi connectivity index (χ2n) is 7.55. The molecule has 1 amide bonds. The third-order valence-electron chi connectivity index (χ3n) is 4.91. The Morgan fingerprint density at radius 3 is 2.80 bits per heavy atom. The number of rotatable bonds is 5. The van der Waals surface area contributed by atoms with Crippen LogP contribution < -0.4 is 10.6 Å². The molecule has 0 spiro atoms. The van der Waals surface area contributed by atoms with E-state index in [1.807, 2.05) is 4.90 Å². The molecule has 2 aliphatic heterocycles. The van der Waals surface area contributed by atoms with Crippen molar-refractivity contribution in [3.05, 3.63) is 11.3 Å². The quantitative estimate of drug-likeness (QED) is 0.849. The predicted molar refractivity (Wildman–Crippen MR) is 95.5 cm³/mol. The highest BCUT2D eigenvalue weighted by molar-refractivity contribution is 5.81. The van der Waals surface area contributed by atoms with Gasteiger partial charge in [0.2, 0.25) is 5.95 Å². The van der Waals surface area contributed by atoms with Crippen molar-refractivity contribution in [3.63, 3.8) is 0 Å². The number of carbonyl (C=O) groups is 1. The Bertz CT molecular complexity index is 653. The van der Waals surface area contributed by atoms with E-state index in [-0.39, 0.29) is 18.1 Å². The average molecular weight is 345 g/mol. The largest absolute Gasteiger partial charge is 0.368 e. The van der Waals surface area contributed by atoms with Gasteiger partial charge in [0.25, 0.3) is 5.91 Å². The number of hydrogen-bond acceptors (Lipinski definition) is 6. The van der Waals surface area contributed by atoms with Crippen LogP contribution in [0.3, 0.4) is 0 Å². The summed E-state index contributed by atoms with van der Waals surface area (Å²) in [5.41, 5.74) is 2.12. The number of fused-ring (bicyclic) bond motifs is 1. The summed E-state index contributed by atoms with van der Waals surface area (Å²) in [5, 5.41) is 6.83. The molecule has 0 bridgehead atoms. The number of carbonyl (C=O) groups excluding carboxylic acids is 1. The van der Waals surface area contributed by atoms with E-state index in [9.17, 15) is 4.79 Å². The van der Waals surface area contributed by atoms with Gasteiger partial charge in [0.15, 0.2) is 0 Å². The molecule has 1 saturated carbocycles. The monoisotopic (exact) mass is 345 g/mol. The number of nitrogens with zero attached hydrogens (tertiary/aromatic N) is 3. The lowest BCUT2D eigenvalue weighted by Crippen LogP contribution is -2.42. The SMILES string of the molecule is CC(C)Nc1nc2c(c(NC3CC3)n1)CN(C(=O)[C@@H]1CCCO1)CC2. The minimum absolute atomic E-state index is 0.116. The summed E-state index contributed by atoms with van der Waals surface area (Å²) in [7, 11) is 0. The molecule has 1 aliphatic carbocycles. The Labute approximate surface area is 148 Å². The molecule has 3 heterocycles. The van der Waals surface area contributed by atoms with Gasteiger partial charge in [-0.25, -0.2) is 4.98 Å². The van der Waals surface area contributed by atoms with Gasteiger partial charge in [0.1, 0.15) is 11.9 Å². The lowest BCUT2D eigenvalue weighted by molar-refractivity contribution is -0.141. The molecule has 136 valence electrons. The molecular weight excluding hydrogens is 318 g/mol. The molecule has 4 rings (SSSR count). The highest BCUT2D eigenvalue weighted by Gasteiger charge is 2.33. The highest BCUT2D eigenvalue weighted by Crippen LogP contribution is 2.31.